The van der Waals surface area contributed by atoms with Gasteiger partial charge >= 0.3 is 5.97 Å². The number of unbranched alkanes of at least 4 members (excludes halogenated alkanes) is 11. The molecule has 0 aliphatic heterocycles. The molecule has 0 heterocycles. The van der Waals surface area contributed by atoms with Gasteiger partial charge in [-0.15, -0.1) is 0 Å². The molecule has 0 amide bonds. The van der Waals surface area contributed by atoms with Crippen LogP contribution in [0, 0.1) is 0 Å². The van der Waals surface area contributed by atoms with Crippen molar-refractivity contribution in [2.75, 3.05) is 5.75 Å². The second-order valence-electron chi connectivity index (χ2n) is 6.96. The zero-order valence-corrected chi connectivity index (χ0v) is 17.4. The van der Waals surface area contributed by atoms with E-state index in [1.165, 1.54) is 57.8 Å². The number of carbonyl (C=O) groups is 2. The Morgan fingerprint density at radius 2 is 1.38 bits per heavy atom. The predicted molar refractivity (Wildman–Crippen MR) is 113 cm³/mol. The Morgan fingerprint density at radius 3 is 1.92 bits per heavy atom. The maximum atomic E-state index is 11.6. The van der Waals surface area contributed by atoms with Crippen molar-refractivity contribution in [2.24, 2.45) is 5.73 Å². The summed E-state index contributed by atoms with van der Waals surface area (Å²) in [5.41, 5.74) is 5.37. The third kappa shape index (κ3) is 18.0. The molecule has 0 rings (SSSR count). The number of hydrogen-bond donors (Lipinski definition) is 2. The number of carbonyl (C=O) groups excluding carboxylic acids is 1. The normalized spacial score (nSPS) is 12.5. The van der Waals surface area contributed by atoms with Gasteiger partial charge in [-0.05, 0) is 32.1 Å². The summed E-state index contributed by atoms with van der Waals surface area (Å²) in [4.78, 5) is 22.2. The molecular formula is C21H39NO3S. The van der Waals surface area contributed by atoms with Gasteiger partial charge in [-0.2, -0.15) is 0 Å². The van der Waals surface area contributed by atoms with Crippen molar-refractivity contribution in [1.82, 2.24) is 0 Å². The molecule has 0 fully saturated rings. The molecule has 0 aromatic carbocycles. The Labute approximate surface area is 164 Å². The van der Waals surface area contributed by atoms with Crippen LogP contribution in [0.5, 0.6) is 0 Å². The highest BCUT2D eigenvalue weighted by Crippen LogP contribution is 2.13. The predicted octanol–water partition coefficient (Wildman–Crippen LogP) is 5.70. The van der Waals surface area contributed by atoms with Crippen LogP contribution in [-0.2, 0) is 9.59 Å². The van der Waals surface area contributed by atoms with Crippen LogP contribution in [0.3, 0.4) is 0 Å². The molecule has 26 heavy (non-hydrogen) atoms. The van der Waals surface area contributed by atoms with Crippen LogP contribution >= 0.6 is 11.8 Å². The lowest BCUT2D eigenvalue weighted by Gasteiger charge is -2.05. The van der Waals surface area contributed by atoms with Crippen molar-refractivity contribution in [2.45, 2.75) is 103 Å². The summed E-state index contributed by atoms with van der Waals surface area (Å²) < 4.78 is 0. The quantitative estimate of drug-likeness (QED) is 0.234. The van der Waals surface area contributed by atoms with Gasteiger partial charge in [-0.1, -0.05) is 82.2 Å². The fourth-order valence-electron chi connectivity index (χ4n) is 2.67. The lowest BCUT2D eigenvalue weighted by molar-refractivity contribution is -0.137. The second-order valence-corrected chi connectivity index (χ2v) is 8.04. The van der Waals surface area contributed by atoms with Gasteiger partial charge in [0.1, 0.15) is 6.04 Å². The first-order chi connectivity index (χ1) is 12.6. The summed E-state index contributed by atoms with van der Waals surface area (Å²) in [6.45, 7) is 2.25. The summed E-state index contributed by atoms with van der Waals surface area (Å²) >= 11 is 1.05. The SMILES string of the molecule is CCCCCCCC/C=C\CCCCCCCC(=O)SC[C@H](N)C(=O)O. The van der Waals surface area contributed by atoms with Gasteiger partial charge < -0.3 is 10.8 Å². The second kappa shape index (κ2) is 19.0. The van der Waals surface area contributed by atoms with E-state index < -0.39 is 12.0 Å². The van der Waals surface area contributed by atoms with Crippen LogP contribution < -0.4 is 5.73 Å². The molecule has 0 saturated heterocycles. The lowest BCUT2D eigenvalue weighted by atomic mass is 10.1. The monoisotopic (exact) mass is 385 g/mol. The topological polar surface area (TPSA) is 80.4 Å². The number of nitrogens with two attached hydrogens (primary N) is 1. The zero-order chi connectivity index (χ0) is 19.5. The Kier molecular flexibility index (Phi) is 18.4. The molecule has 5 heteroatoms. The van der Waals surface area contributed by atoms with Crippen molar-refractivity contribution in [3.63, 3.8) is 0 Å². The van der Waals surface area contributed by atoms with E-state index in [4.69, 9.17) is 10.8 Å². The minimum atomic E-state index is -1.05. The highest BCUT2D eigenvalue weighted by atomic mass is 32.2. The van der Waals surface area contributed by atoms with E-state index >= 15 is 0 Å². The highest BCUT2D eigenvalue weighted by molar-refractivity contribution is 8.13. The number of carboxylic acid groups (broad SMARTS) is 1. The van der Waals surface area contributed by atoms with E-state index in [2.05, 4.69) is 19.1 Å². The van der Waals surface area contributed by atoms with Crippen molar-refractivity contribution < 1.29 is 14.7 Å². The average Bonchev–Trinajstić information content (AvgIpc) is 2.62. The van der Waals surface area contributed by atoms with Gasteiger partial charge in [0.25, 0.3) is 0 Å². The number of thioether (sulfide) groups is 1. The molecule has 0 aromatic heterocycles. The first-order valence-corrected chi connectivity index (χ1v) is 11.4. The fraction of sp³-hybridized carbons (Fsp3) is 0.810. The largest absolute Gasteiger partial charge is 0.480 e. The Balaban J connectivity index is 3.29. The Hall–Kier alpha value is -0.810. The maximum Gasteiger partial charge on any atom is 0.321 e. The molecule has 0 aromatic rings. The van der Waals surface area contributed by atoms with Crippen LogP contribution in [0.15, 0.2) is 12.2 Å². The van der Waals surface area contributed by atoms with Gasteiger partial charge in [-0.25, -0.2) is 0 Å². The van der Waals surface area contributed by atoms with Gasteiger partial charge in [-0.3, -0.25) is 9.59 Å². The first-order valence-electron chi connectivity index (χ1n) is 10.4. The molecule has 0 bridgehead atoms. The molecule has 0 unspecified atom stereocenters. The Bertz CT molecular complexity index is 385. The van der Waals surface area contributed by atoms with Gasteiger partial charge in [0.15, 0.2) is 5.12 Å². The number of rotatable bonds is 18. The van der Waals surface area contributed by atoms with Crippen molar-refractivity contribution >= 4 is 22.8 Å². The van der Waals surface area contributed by atoms with Crippen LogP contribution in [0.1, 0.15) is 96.8 Å². The third-order valence-corrected chi connectivity index (χ3v) is 5.44. The summed E-state index contributed by atoms with van der Waals surface area (Å²) in [5.74, 6) is -0.884. The maximum absolute atomic E-state index is 11.6. The third-order valence-electron chi connectivity index (χ3n) is 4.38. The van der Waals surface area contributed by atoms with E-state index in [-0.39, 0.29) is 10.9 Å². The van der Waals surface area contributed by atoms with Gasteiger partial charge in [0, 0.05) is 12.2 Å². The van der Waals surface area contributed by atoms with Crippen LogP contribution in [0.2, 0.25) is 0 Å². The number of aliphatic carboxylic acids is 1. The standard InChI is InChI=1S/C21H39NO3S/c1-2-3-4-5-6-7-8-9-10-11-12-13-14-15-16-17-20(23)26-18-19(22)21(24)25/h9-10,19H,2-8,11-18,22H2,1H3,(H,24,25)/b10-9-/t19-/m0/s1. The molecule has 0 spiro atoms. The molecule has 4 nitrogen and oxygen atoms in total. The molecular weight excluding hydrogens is 346 g/mol. The number of carboxylic acids is 1. The van der Waals surface area contributed by atoms with Crippen molar-refractivity contribution in [3.05, 3.63) is 12.2 Å². The van der Waals surface area contributed by atoms with E-state index in [9.17, 15) is 9.59 Å². The highest BCUT2D eigenvalue weighted by Gasteiger charge is 2.13. The van der Waals surface area contributed by atoms with Crippen LogP contribution in [0.25, 0.3) is 0 Å². The number of hydrogen-bond acceptors (Lipinski definition) is 4. The fourth-order valence-corrected chi connectivity index (χ4v) is 3.46. The number of allylic oxidation sites excluding steroid dienone is 2. The van der Waals surface area contributed by atoms with E-state index in [1.807, 2.05) is 0 Å². The average molecular weight is 386 g/mol. The zero-order valence-electron chi connectivity index (χ0n) is 16.6. The molecule has 152 valence electrons. The summed E-state index contributed by atoms with van der Waals surface area (Å²) in [7, 11) is 0. The van der Waals surface area contributed by atoms with Crippen molar-refractivity contribution in [3.8, 4) is 0 Å². The summed E-state index contributed by atoms with van der Waals surface area (Å²) in [5, 5.41) is 8.71. The molecule has 0 saturated carbocycles. The minimum Gasteiger partial charge on any atom is -0.480 e. The minimum absolute atomic E-state index is 0.0549. The molecule has 0 aliphatic rings. The van der Waals surface area contributed by atoms with E-state index in [1.54, 1.807) is 0 Å². The van der Waals surface area contributed by atoms with Crippen molar-refractivity contribution in [1.29, 1.82) is 0 Å². The van der Waals surface area contributed by atoms with Crippen LogP contribution in [-0.4, -0.2) is 28.0 Å². The smallest absolute Gasteiger partial charge is 0.321 e. The first kappa shape index (κ1) is 25.2. The lowest BCUT2D eigenvalue weighted by Crippen LogP contribution is -2.32. The van der Waals surface area contributed by atoms with Gasteiger partial charge in [0.05, 0.1) is 0 Å². The van der Waals surface area contributed by atoms with Crippen LogP contribution in [0.4, 0.5) is 0 Å². The molecule has 3 N–H and O–H groups in total. The molecule has 0 radical (unpaired) electrons. The summed E-state index contributed by atoms with van der Waals surface area (Å²) in [6.07, 6.45) is 21.3. The summed E-state index contributed by atoms with van der Waals surface area (Å²) in [6, 6.07) is -0.946. The van der Waals surface area contributed by atoms with E-state index in [0.29, 0.717) is 6.42 Å². The van der Waals surface area contributed by atoms with E-state index in [0.717, 1.165) is 37.4 Å². The molecule has 0 aliphatic carbocycles. The Morgan fingerprint density at radius 1 is 0.885 bits per heavy atom. The van der Waals surface area contributed by atoms with Gasteiger partial charge in [0.2, 0.25) is 0 Å². The molecule has 1 atom stereocenters.